The van der Waals surface area contributed by atoms with Crippen molar-refractivity contribution in [3.63, 3.8) is 0 Å². The maximum absolute atomic E-state index is 11.8. The molecule has 7 heteroatoms. The molecule has 1 heterocycles. The van der Waals surface area contributed by atoms with Gasteiger partial charge >= 0.3 is 5.97 Å². The van der Waals surface area contributed by atoms with Gasteiger partial charge in [-0.2, -0.15) is 4.98 Å². The summed E-state index contributed by atoms with van der Waals surface area (Å²) < 4.78 is 15.7. The maximum atomic E-state index is 11.8. The highest BCUT2D eigenvalue weighted by Crippen LogP contribution is 2.25. The zero-order chi connectivity index (χ0) is 18.5. The lowest BCUT2D eigenvalue weighted by Crippen LogP contribution is -2.15. The molecule has 0 aliphatic heterocycles. The van der Waals surface area contributed by atoms with Crippen LogP contribution in [-0.2, 0) is 16.1 Å². The van der Waals surface area contributed by atoms with Gasteiger partial charge < -0.3 is 14.0 Å². The van der Waals surface area contributed by atoms with Crippen molar-refractivity contribution in [2.75, 3.05) is 6.61 Å². The first-order valence-corrected chi connectivity index (χ1v) is 8.34. The lowest BCUT2D eigenvalue weighted by molar-refractivity contribution is -0.148. The average molecular weight is 373 g/mol. The molecule has 0 saturated heterocycles. The first kappa shape index (κ1) is 17.9. The van der Waals surface area contributed by atoms with Crippen molar-refractivity contribution in [3.8, 4) is 17.1 Å². The second-order valence-corrected chi connectivity index (χ2v) is 6.12. The average Bonchev–Trinajstić information content (AvgIpc) is 3.08. The van der Waals surface area contributed by atoms with Crippen LogP contribution in [-0.4, -0.2) is 22.7 Å². The molecule has 2 aromatic carbocycles. The molecular formula is C19H17ClN2O4. The summed E-state index contributed by atoms with van der Waals surface area (Å²) in [6.07, 6.45) is 0. The number of hydrogen-bond acceptors (Lipinski definition) is 6. The van der Waals surface area contributed by atoms with Gasteiger partial charge in [-0.15, -0.1) is 0 Å². The van der Waals surface area contributed by atoms with E-state index in [1.165, 1.54) is 0 Å². The number of benzene rings is 2. The third-order valence-electron chi connectivity index (χ3n) is 3.62. The van der Waals surface area contributed by atoms with Gasteiger partial charge in [0.05, 0.1) is 5.02 Å². The number of aromatic nitrogens is 2. The Bertz CT molecular complexity index is 923. The van der Waals surface area contributed by atoms with Crippen LogP contribution in [0.5, 0.6) is 5.75 Å². The molecule has 3 aromatic rings. The standard InChI is InChI=1S/C19H17ClN2O4/c1-12-7-8-16(13(2)9-12)24-11-18(23)25-10-17-21-19(22-26-17)14-5-3-4-6-15(14)20/h3-9H,10-11H2,1-2H3. The fourth-order valence-corrected chi connectivity index (χ4v) is 2.57. The van der Waals surface area contributed by atoms with E-state index in [1.807, 2.05) is 44.2 Å². The summed E-state index contributed by atoms with van der Waals surface area (Å²) in [6.45, 7) is 3.58. The number of rotatable bonds is 6. The summed E-state index contributed by atoms with van der Waals surface area (Å²) in [5.74, 6) is 0.641. The number of carbonyl (C=O) groups is 1. The Hall–Kier alpha value is -2.86. The van der Waals surface area contributed by atoms with Gasteiger partial charge in [0, 0.05) is 5.56 Å². The van der Waals surface area contributed by atoms with E-state index in [0.717, 1.165) is 11.1 Å². The Morgan fingerprint density at radius 1 is 1.19 bits per heavy atom. The molecule has 3 rings (SSSR count). The third-order valence-corrected chi connectivity index (χ3v) is 3.95. The zero-order valence-corrected chi connectivity index (χ0v) is 15.1. The van der Waals surface area contributed by atoms with E-state index in [-0.39, 0.29) is 19.1 Å². The van der Waals surface area contributed by atoms with Crippen molar-refractivity contribution in [2.24, 2.45) is 0 Å². The van der Waals surface area contributed by atoms with Crippen molar-refractivity contribution in [1.29, 1.82) is 0 Å². The van der Waals surface area contributed by atoms with Crippen molar-refractivity contribution in [3.05, 3.63) is 64.5 Å². The van der Waals surface area contributed by atoms with E-state index in [1.54, 1.807) is 12.1 Å². The molecule has 0 N–H and O–H groups in total. The molecule has 0 fully saturated rings. The Labute approximate surface area is 155 Å². The normalized spacial score (nSPS) is 10.6. The van der Waals surface area contributed by atoms with E-state index >= 15 is 0 Å². The van der Waals surface area contributed by atoms with Crippen LogP contribution in [0.25, 0.3) is 11.4 Å². The van der Waals surface area contributed by atoms with Crippen LogP contribution in [0.1, 0.15) is 17.0 Å². The van der Waals surface area contributed by atoms with Crippen LogP contribution in [0.15, 0.2) is 47.0 Å². The molecule has 0 bridgehead atoms. The Morgan fingerprint density at radius 2 is 2.00 bits per heavy atom. The summed E-state index contributed by atoms with van der Waals surface area (Å²) in [4.78, 5) is 16.0. The van der Waals surface area contributed by atoms with Gasteiger partial charge in [-0.3, -0.25) is 0 Å². The SMILES string of the molecule is Cc1ccc(OCC(=O)OCc2nc(-c3ccccc3Cl)no2)c(C)c1. The lowest BCUT2D eigenvalue weighted by atomic mass is 10.1. The molecule has 0 amide bonds. The minimum atomic E-state index is -0.525. The first-order valence-electron chi connectivity index (χ1n) is 7.96. The van der Waals surface area contributed by atoms with Crippen LogP contribution in [0.2, 0.25) is 5.02 Å². The molecule has 134 valence electrons. The molecule has 0 unspecified atom stereocenters. The van der Waals surface area contributed by atoms with Gasteiger partial charge in [0.2, 0.25) is 5.82 Å². The first-order chi connectivity index (χ1) is 12.5. The summed E-state index contributed by atoms with van der Waals surface area (Å²) in [7, 11) is 0. The van der Waals surface area contributed by atoms with Crippen LogP contribution < -0.4 is 4.74 Å². The predicted octanol–water partition coefficient (Wildman–Crippen LogP) is 4.13. The van der Waals surface area contributed by atoms with E-state index in [2.05, 4.69) is 10.1 Å². The quantitative estimate of drug-likeness (QED) is 0.606. The fraction of sp³-hybridized carbons (Fsp3) is 0.211. The maximum Gasteiger partial charge on any atom is 0.344 e. The monoisotopic (exact) mass is 372 g/mol. The Morgan fingerprint density at radius 3 is 2.77 bits per heavy atom. The smallest absolute Gasteiger partial charge is 0.344 e. The molecule has 0 aliphatic carbocycles. The number of aryl methyl sites for hydroxylation is 2. The number of carbonyl (C=O) groups excluding carboxylic acids is 1. The van der Waals surface area contributed by atoms with E-state index in [0.29, 0.717) is 22.2 Å². The van der Waals surface area contributed by atoms with Gasteiger partial charge in [-0.05, 0) is 37.6 Å². The van der Waals surface area contributed by atoms with Crippen molar-refractivity contribution in [1.82, 2.24) is 10.1 Å². The predicted molar refractivity (Wildman–Crippen MR) is 96.0 cm³/mol. The van der Waals surface area contributed by atoms with E-state index in [9.17, 15) is 4.79 Å². The molecule has 6 nitrogen and oxygen atoms in total. The second-order valence-electron chi connectivity index (χ2n) is 5.71. The van der Waals surface area contributed by atoms with Crippen LogP contribution in [0.3, 0.4) is 0 Å². The highest BCUT2D eigenvalue weighted by atomic mass is 35.5. The Kier molecular flexibility index (Phi) is 5.53. The largest absolute Gasteiger partial charge is 0.482 e. The van der Waals surface area contributed by atoms with Crippen LogP contribution >= 0.6 is 11.6 Å². The van der Waals surface area contributed by atoms with Gasteiger partial charge in [0.1, 0.15) is 5.75 Å². The molecule has 26 heavy (non-hydrogen) atoms. The van der Waals surface area contributed by atoms with Crippen LogP contribution in [0, 0.1) is 13.8 Å². The number of hydrogen-bond donors (Lipinski definition) is 0. The van der Waals surface area contributed by atoms with Crippen molar-refractivity contribution < 1.29 is 18.8 Å². The molecule has 0 atom stereocenters. The molecule has 0 saturated carbocycles. The molecule has 0 spiro atoms. The zero-order valence-electron chi connectivity index (χ0n) is 14.4. The van der Waals surface area contributed by atoms with E-state index in [4.69, 9.17) is 25.6 Å². The summed E-state index contributed by atoms with van der Waals surface area (Å²) in [5.41, 5.74) is 2.73. The highest BCUT2D eigenvalue weighted by molar-refractivity contribution is 6.33. The van der Waals surface area contributed by atoms with Crippen molar-refractivity contribution >= 4 is 17.6 Å². The van der Waals surface area contributed by atoms with Crippen LogP contribution in [0.4, 0.5) is 0 Å². The minimum absolute atomic E-state index is 0.132. The number of ether oxygens (including phenoxy) is 2. The van der Waals surface area contributed by atoms with E-state index < -0.39 is 5.97 Å². The second kappa shape index (κ2) is 8.01. The van der Waals surface area contributed by atoms with Gasteiger partial charge in [-0.1, -0.05) is 46.6 Å². The summed E-state index contributed by atoms with van der Waals surface area (Å²) in [5, 5.41) is 4.36. The lowest BCUT2D eigenvalue weighted by Gasteiger charge is -2.09. The number of nitrogens with zero attached hydrogens (tertiary/aromatic N) is 2. The molecule has 1 aromatic heterocycles. The summed E-state index contributed by atoms with van der Waals surface area (Å²) >= 11 is 6.09. The number of esters is 1. The Balaban J connectivity index is 1.53. The molecule has 0 radical (unpaired) electrons. The molecular weight excluding hydrogens is 356 g/mol. The van der Waals surface area contributed by atoms with Crippen molar-refractivity contribution in [2.45, 2.75) is 20.5 Å². The number of halogens is 1. The third kappa shape index (κ3) is 4.40. The molecule has 0 aliphatic rings. The topological polar surface area (TPSA) is 74.5 Å². The summed E-state index contributed by atoms with van der Waals surface area (Å²) in [6, 6.07) is 12.9. The van der Waals surface area contributed by atoms with Gasteiger partial charge in [0.25, 0.3) is 5.89 Å². The van der Waals surface area contributed by atoms with Gasteiger partial charge in [-0.25, -0.2) is 4.79 Å². The highest BCUT2D eigenvalue weighted by Gasteiger charge is 2.13. The minimum Gasteiger partial charge on any atom is -0.482 e. The fourth-order valence-electron chi connectivity index (χ4n) is 2.35. The van der Waals surface area contributed by atoms with Gasteiger partial charge in [0.15, 0.2) is 13.2 Å².